The molecule has 3 rings (SSSR count). The summed E-state index contributed by atoms with van der Waals surface area (Å²) < 4.78 is 6.10. The monoisotopic (exact) mass is 231 g/mol. The Bertz CT molecular complexity index is 398. The SMILES string of the molecule is CC1(OCC2CCCc3ccccc32)CNC1. The van der Waals surface area contributed by atoms with E-state index in [1.54, 1.807) is 0 Å². The molecule has 1 unspecified atom stereocenters. The minimum absolute atomic E-state index is 0.0897. The number of nitrogens with one attached hydrogen (secondary N) is 1. The lowest BCUT2D eigenvalue weighted by atomic mass is 9.83. The minimum atomic E-state index is 0.0897. The average Bonchev–Trinajstić information content (AvgIpc) is 2.34. The molecule has 92 valence electrons. The Morgan fingerprint density at radius 3 is 2.94 bits per heavy atom. The van der Waals surface area contributed by atoms with Gasteiger partial charge in [0.2, 0.25) is 0 Å². The molecule has 1 aromatic rings. The fraction of sp³-hybridized carbons (Fsp3) is 0.600. The van der Waals surface area contributed by atoms with E-state index in [-0.39, 0.29) is 5.60 Å². The van der Waals surface area contributed by atoms with E-state index in [2.05, 4.69) is 36.5 Å². The van der Waals surface area contributed by atoms with Gasteiger partial charge in [-0.1, -0.05) is 24.3 Å². The molecule has 1 heterocycles. The third kappa shape index (κ3) is 2.24. The predicted molar refractivity (Wildman–Crippen MR) is 69.3 cm³/mol. The van der Waals surface area contributed by atoms with Gasteiger partial charge in [-0.3, -0.25) is 0 Å². The van der Waals surface area contributed by atoms with Gasteiger partial charge in [-0.25, -0.2) is 0 Å². The van der Waals surface area contributed by atoms with Crippen LogP contribution in [0.15, 0.2) is 24.3 Å². The Morgan fingerprint density at radius 1 is 1.35 bits per heavy atom. The van der Waals surface area contributed by atoms with Crippen molar-refractivity contribution in [1.29, 1.82) is 0 Å². The highest BCUT2D eigenvalue weighted by atomic mass is 16.5. The van der Waals surface area contributed by atoms with E-state index in [1.807, 2.05) is 0 Å². The molecule has 0 spiro atoms. The molecule has 1 fully saturated rings. The van der Waals surface area contributed by atoms with E-state index >= 15 is 0 Å². The summed E-state index contributed by atoms with van der Waals surface area (Å²) >= 11 is 0. The summed E-state index contributed by atoms with van der Waals surface area (Å²) in [7, 11) is 0. The number of aryl methyl sites for hydroxylation is 1. The standard InChI is InChI=1S/C15H21NO/c1-15(10-16-11-15)17-9-13-7-4-6-12-5-2-3-8-14(12)13/h2-3,5,8,13,16H,4,6-7,9-11H2,1H3. The molecule has 1 aliphatic heterocycles. The van der Waals surface area contributed by atoms with Crippen molar-refractivity contribution in [1.82, 2.24) is 5.32 Å². The van der Waals surface area contributed by atoms with E-state index in [0.717, 1.165) is 19.7 Å². The highest BCUT2D eigenvalue weighted by molar-refractivity contribution is 5.32. The van der Waals surface area contributed by atoms with Gasteiger partial charge in [0, 0.05) is 19.0 Å². The van der Waals surface area contributed by atoms with Gasteiger partial charge in [0.25, 0.3) is 0 Å². The Hall–Kier alpha value is -0.860. The number of benzene rings is 1. The summed E-state index contributed by atoms with van der Waals surface area (Å²) in [5.74, 6) is 0.609. The van der Waals surface area contributed by atoms with Crippen LogP contribution in [-0.4, -0.2) is 25.3 Å². The molecule has 0 bridgehead atoms. The third-order valence-corrected chi connectivity index (χ3v) is 4.12. The summed E-state index contributed by atoms with van der Waals surface area (Å²) in [6, 6.07) is 8.86. The van der Waals surface area contributed by atoms with Crippen molar-refractivity contribution in [2.24, 2.45) is 0 Å². The van der Waals surface area contributed by atoms with Crippen LogP contribution in [0.4, 0.5) is 0 Å². The van der Waals surface area contributed by atoms with Crippen LogP contribution in [0.1, 0.15) is 36.8 Å². The first-order chi connectivity index (χ1) is 8.27. The maximum atomic E-state index is 6.10. The maximum Gasteiger partial charge on any atom is 0.0902 e. The molecule has 1 atom stereocenters. The average molecular weight is 231 g/mol. The van der Waals surface area contributed by atoms with Crippen molar-refractivity contribution < 1.29 is 4.74 Å². The molecule has 0 saturated carbocycles. The lowest BCUT2D eigenvalue weighted by Gasteiger charge is -2.40. The van der Waals surface area contributed by atoms with Crippen LogP contribution in [0.3, 0.4) is 0 Å². The zero-order chi connectivity index (χ0) is 11.7. The Labute approximate surface area is 103 Å². The van der Waals surface area contributed by atoms with Crippen molar-refractivity contribution in [3.63, 3.8) is 0 Å². The second-order valence-corrected chi connectivity index (χ2v) is 5.65. The van der Waals surface area contributed by atoms with E-state index in [0.29, 0.717) is 5.92 Å². The zero-order valence-electron chi connectivity index (χ0n) is 10.5. The predicted octanol–water partition coefficient (Wildman–Crippen LogP) is 2.49. The van der Waals surface area contributed by atoms with Gasteiger partial charge in [0.1, 0.15) is 0 Å². The Kier molecular flexibility index (Phi) is 2.93. The van der Waals surface area contributed by atoms with Crippen LogP contribution in [-0.2, 0) is 11.2 Å². The van der Waals surface area contributed by atoms with Crippen LogP contribution in [0.25, 0.3) is 0 Å². The minimum Gasteiger partial charge on any atom is -0.372 e. The summed E-state index contributed by atoms with van der Waals surface area (Å²) in [6.07, 6.45) is 3.83. The molecule has 2 nitrogen and oxygen atoms in total. The van der Waals surface area contributed by atoms with Crippen molar-refractivity contribution in [3.05, 3.63) is 35.4 Å². The topological polar surface area (TPSA) is 21.3 Å². The van der Waals surface area contributed by atoms with Crippen molar-refractivity contribution >= 4 is 0 Å². The lowest BCUT2D eigenvalue weighted by Crippen LogP contribution is -2.59. The summed E-state index contributed by atoms with van der Waals surface area (Å²) in [5.41, 5.74) is 3.14. The first-order valence-corrected chi connectivity index (χ1v) is 6.69. The number of ether oxygens (including phenoxy) is 1. The largest absolute Gasteiger partial charge is 0.372 e. The molecule has 1 aliphatic carbocycles. The second kappa shape index (κ2) is 4.43. The Morgan fingerprint density at radius 2 is 2.18 bits per heavy atom. The number of hydrogen-bond donors (Lipinski definition) is 1. The first kappa shape index (κ1) is 11.2. The smallest absolute Gasteiger partial charge is 0.0902 e. The number of fused-ring (bicyclic) bond motifs is 1. The molecule has 2 aliphatic rings. The molecule has 1 N–H and O–H groups in total. The quantitative estimate of drug-likeness (QED) is 0.863. The molecule has 0 amide bonds. The normalized spacial score (nSPS) is 26.1. The van der Waals surface area contributed by atoms with Gasteiger partial charge in [0.05, 0.1) is 12.2 Å². The number of hydrogen-bond acceptors (Lipinski definition) is 2. The molecular weight excluding hydrogens is 210 g/mol. The molecule has 1 aromatic carbocycles. The second-order valence-electron chi connectivity index (χ2n) is 5.65. The lowest BCUT2D eigenvalue weighted by molar-refractivity contribution is -0.0731. The first-order valence-electron chi connectivity index (χ1n) is 6.69. The number of rotatable bonds is 3. The maximum absolute atomic E-state index is 6.10. The molecule has 0 aromatic heterocycles. The summed E-state index contributed by atoms with van der Waals surface area (Å²) in [6.45, 7) is 5.09. The van der Waals surface area contributed by atoms with Gasteiger partial charge < -0.3 is 10.1 Å². The van der Waals surface area contributed by atoms with Crippen LogP contribution in [0.2, 0.25) is 0 Å². The summed E-state index contributed by atoms with van der Waals surface area (Å²) in [4.78, 5) is 0. The molecule has 1 saturated heterocycles. The zero-order valence-corrected chi connectivity index (χ0v) is 10.5. The summed E-state index contributed by atoms with van der Waals surface area (Å²) in [5, 5.41) is 3.28. The van der Waals surface area contributed by atoms with Crippen LogP contribution in [0, 0.1) is 0 Å². The fourth-order valence-corrected chi connectivity index (χ4v) is 2.91. The molecular formula is C15H21NO. The fourth-order valence-electron chi connectivity index (χ4n) is 2.91. The Balaban J connectivity index is 1.68. The highest BCUT2D eigenvalue weighted by Gasteiger charge is 2.33. The van der Waals surface area contributed by atoms with Crippen LogP contribution < -0.4 is 5.32 Å². The van der Waals surface area contributed by atoms with E-state index < -0.39 is 0 Å². The highest BCUT2D eigenvalue weighted by Crippen LogP contribution is 2.32. The van der Waals surface area contributed by atoms with Crippen LogP contribution in [0.5, 0.6) is 0 Å². The van der Waals surface area contributed by atoms with Crippen molar-refractivity contribution in [3.8, 4) is 0 Å². The van der Waals surface area contributed by atoms with E-state index in [9.17, 15) is 0 Å². The van der Waals surface area contributed by atoms with Gasteiger partial charge in [-0.15, -0.1) is 0 Å². The van der Waals surface area contributed by atoms with Crippen molar-refractivity contribution in [2.45, 2.75) is 37.7 Å². The van der Waals surface area contributed by atoms with Gasteiger partial charge in [-0.05, 0) is 37.3 Å². The van der Waals surface area contributed by atoms with E-state index in [4.69, 9.17) is 4.74 Å². The third-order valence-electron chi connectivity index (χ3n) is 4.12. The van der Waals surface area contributed by atoms with Crippen molar-refractivity contribution in [2.75, 3.05) is 19.7 Å². The van der Waals surface area contributed by atoms with Gasteiger partial charge >= 0.3 is 0 Å². The van der Waals surface area contributed by atoms with Crippen LogP contribution >= 0.6 is 0 Å². The van der Waals surface area contributed by atoms with Gasteiger partial charge in [-0.2, -0.15) is 0 Å². The van der Waals surface area contributed by atoms with Gasteiger partial charge in [0.15, 0.2) is 0 Å². The molecule has 2 heteroatoms. The molecule has 0 radical (unpaired) electrons. The molecule has 17 heavy (non-hydrogen) atoms. The van der Waals surface area contributed by atoms with E-state index in [1.165, 1.54) is 30.4 Å².